The average Bonchev–Trinajstić information content (AvgIpc) is 1.85. The van der Waals surface area contributed by atoms with Crippen LogP contribution in [0.25, 0.3) is 0 Å². The van der Waals surface area contributed by atoms with Crippen molar-refractivity contribution in [3.8, 4) is 0 Å². The predicted molar refractivity (Wildman–Crippen MR) is 55.1 cm³/mol. The molecule has 0 aliphatic heterocycles. The van der Waals surface area contributed by atoms with Crippen LogP contribution in [0.1, 0.15) is 18.1 Å². The second kappa shape index (κ2) is 3.55. The van der Waals surface area contributed by atoms with Crippen LogP contribution in [0.2, 0.25) is 0 Å². The Kier molecular flexibility index (Phi) is 2.90. The molecule has 2 heteroatoms. The fourth-order valence-electron chi connectivity index (χ4n) is 1.24. The third-order valence-electron chi connectivity index (χ3n) is 1.79. The molecule has 0 nitrogen and oxygen atoms in total. The minimum atomic E-state index is 0.990. The fraction of sp³-hybridized carbons (Fsp3) is 0.333. The molecule has 0 radical (unpaired) electrons. The maximum Gasteiger partial charge on any atom is 0.00856 e. The first-order chi connectivity index (χ1) is 5.15. The highest BCUT2D eigenvalue weighted by Gasteiger charge is 2.00. The smallest absolute Gasteiger partial charge is 0.00856 e. The summed E-state index contributed by atoms with van der Waals surface area (Å²) in [6.07, 6.45) is 1.04. The number of hydrogen-bond donors (Lipinski definition) is 2. The molecule has 0 amide bonds. The molecule has 1 aromatic rings. The molecule has 0 aliphatic rings. The van der Waals surface area contributed by atoms with Crippen LogP contribution in [0.5, 0.6) is 0 Å². The molecule has 0 fully saturated rings. The Labute approximate surface area is 78.8 Å². The third kappa shape index (κ3) is 1.94. The van der Waals surface area contributed by atoms with Gasteiger partial charge in [0.15, 0.2) is 0 Å². The molecule has 1 aromatic carbocycles. The Hall–Kier alpha value is -0.0800. The van der Waals surface area contributed by atoms with E-state index in [9.17, 15) is 0 Å². The van der Waals surface area contributed by atoms with Gasteiger partial charge >= 0.3 is 0 Å². The molecule has 0 saturated heterocycles. The Morgan fingerprint density at radius 2 is 1.91 bits per heavy atom. The van der Waals surface area contributed by atoms with Crippen LogP contribution < -0.4 is 0 Å². The number of benzene rings is 1. The van der Waals surface area contributed by atoms with E-state index in [0.717, 1.165) is 16.2 Å². The highest BCUT2D eigenvalue weighted by molar-refractivity contribution is 7.81. The Morgan fingerprint density at radius 3 is 2.36 bits per heavy atom. The normalized spacial score (nSPS) is 10.2. The molecule has 0 saturated carbocycles. The second-order valence-corrected chi connectivity index (χ2v) is 3.61. The summed E-state index contributed by atoms with van der Waals surface area (Å²) < 4.78 is 0. The van der Waals surface area contributed by atoms with Crippen molar-refractivity contribution in [3.05, 3.63) is 23.3 Å². The van der Waals surface area contributed by atoms with E-state index in [-0.39, 0.29) is 0 Å². The standard InChI is InChI=1S/C9H12S2/c1-3-8-6(2)4-7(10)5-9(8)11/h4-5,10-11H,3H2,1-2H3. The van der Waals surface area contributed by atoms with Crippen molar-refractivity contribution in [2.24, 2.45) is 0 Å². The molecule has 60 valence electrons. The summed E-state index contributed by atoms with van der Waals surface area (Å²) in [6, 6.07) is 4.06. The van der Waals surface area contributed by atoms with Crippen LogP contribution in [0.15, 0.2) is 21.9 Å². The lowest BCUT2D eigenvalue weighted by molar-refractivity contribution is 1.04. The largest absolute Gasteiger partial charge is 0.143 e. The van der Waals surface area contributed by atoms with E-state index in [0.29, 0.717) is 0 Å². The molecule has 1 rings (SSSR count). The van der Waals surface area contributed by atoms with E-state index in [1.807, 2.05) is 6.07 Å². The number of thiol groups is 2. The van der Waals surface area contributed by atoms with Gasteiger partial charge in [-0.15, -0.1) is 25.3 Å². The minimum absolute atomic E-state index is 0.990. The molecule has 0 atom stereocenters. The summed E-state index contributed by atoms with van der Waals surface area (Å²) in [5.41, 5.74) is 2.61. The van der Waals surface area contributed by atoms with Gasteiger partial charge in [-0.3, -0.25) is 0 Å². The molecule has 0 aromatic heterocycles. The van der Waals surface area contributed by atoms with E-state index >= 15 is 0 Å². The van der Waals surface area contributed by atoms with Gasteiger partial charge in [0.05, 0.1) is 0 Å². The van der Waals surface area contributed by atoms with Gasteiger partial charge in [-0.05, 0) is 36.6 Å². The third-order valence-corrected chi connectivity index (χ3v) is 2.44. The molecule has 0 bridgehead atoms. The van der Waals surface area contributed by atoms with Crippen LogP contribution in [0, 0.1) is 6.92 Å². The zero-order chi connectivity index (χ0) is 8.43. The number of hydrogen-bond acceptors (Lipinski definition) is 2. The monoisotopic (exact) mass is 184 g/mol. The van der Waals surface area contributed by atoms with Gasteiger partial charge in [-0.2, -0.15) is 0 Å². The first kappa shape index (κ1) is 9.01. The first-order valence-electron chi connectivity index (χ1n) is 3.66. The zero-order valence-electron chi connectivity index (χ0n) is 6.76. The highest BCUT2D eigenvalue weighted by Crippen LogP contribution is 2.22. The van der Waals surface area contributed by atoms with E-state index < -0.39 is 0 Å². The van der Waals surface area contributed by atoms with E-state index in [2.05, 4.69) is 45.2 Å². The molecular formula is C9H12S2. The minimum Gasteiger partial charge on any atom is -0.143 e. The van der Waals surface area contributed by atoms with Crippen molar-refractivity contribution in [3.63, 3.8) is 0 Å². The summed E-state index contributed by atoms with van der Waals surface area (Å²) in [6.45, 7) is 4.23. The highest BCUT2D eigenvalue weighted by atomic mass is 32.1. The lowest BCUT2D eigenvalue weighted by Crippen LogP contribution is -1.88. The number of rotatable bonds is 1. The van der Waals surface area contributed by atoms with E-state index in [4.69, 9.17) is 0 Å². The zero-order valence-corrected chi connectivity index (χ0v) is 8.55. The SMILES string of the molecule is CCc1c(C)cc(S)cc1S. The second-order valence-electron chi connectivity index (χ2n) is 2.61. The Balaban J connectivity index is 3.25. The van der Waals surface area contributed by atoms with Gasteiger partial charge in [0, 0.05) is 9.79 Å². The van der Waals surface area contributed by atoms with Gasteiger partial charge in [0.25, 0.3) is 0 Å². The summed E-state index contributed by atoms with van der Waals surface area (Å²) in [5, 5.41) is 0. The van der Waals surface area contributed by atoms with Crippen LogP contribution in [0.4, 0.5) is 0 Å². The van der Waals surface area contributed by atoms with E-state index in [1.54, 1.807) is 0 Å². The van der Waals surface area contributed by atoms with Crippen molar-refractivity contribution in [2.75, 3.05) is 0 Å². The predicted octanol–water partition coefficient (Wildman–Crippen LogP) is 3.13. The van der Waals surface area contributed by atoms with Crippen LogP contribution in [-0.4, -0.2) is 0 Å². The van der Waals surface area contributed by atoms with Crippen molar-refractivity contribution in [1.82, 2.24) is 0 Å². The lowest BCUT2D eigenvalue weighted by atomic mass is 10.1. The quantitative estimate of drug-likeness (QED) is 0.616. The van der Waals surface area contributed by atoms with Crippen molar-refractivity contribution in [2.45, 2.75) is 30.1 Å². The van der Waals surface area contributed by atoms with Crippen molar-refractivity contribution < 1.29 is 0 Å². The van der Waals surface area contributed by atoms with Crippen LogP contribution in [-0.2, 0) is 6.42 Å². The van der Waals surface area contributed by atoms with Gasteiger partial charge in [0.1, 0.15) is 0 Å². The number of aryl methyl sites for hydroxylation is 1. The maximum atomic E-state index is 4.37. The van der Waals surface area contributed by atoms with Gasteiger partial charge in [-0.25, -0.2) is 0 Å². The summed E-state index contributed by atoms with van der Waals surface area (Å²) in [4.78, 5) is 2.04. The Bertz CT molecular complexity index is 243. The van der Waals surface area contributed by atoms with Crippen LogP contribution >= 0.6 is 25.3 Å². The van der Waals surface area contributed by atoms with Crippen molar-refractivity contribution >= 4 is 25.3 Å². The fourth-order valence-corrected chi connectivity index (χ4v) is 2.14. The summed E-state index contributed by atoms with van der Waals surface area (Å²) >= 11 is 8.63. The maximum absolute atomic E-state index is 4.37. The van der Waals surface area contributed by atoms with Gasteiger partial charge in [0.2, 0.25) is 0 Å². The molecule has 0 unspecified atom stereocenters. The molecule has 0 spiro atoms. The summed E-state index contributed by atoms with van der Waals surface area (Å²) in [7, 11) is 0. The topological polar surface area (TPSA) is 0 Å². The van der Waals surface area contributed by atoms with Gasteiger partial charge < -0.3 is 0 Å². The lowest BCUT2D eigenvalue weighted by Gasteiger charge is -2.06. The average molecular weight is 184 g/mol. The molecule has 0 aliphatic carbocycles. The van der Waals surface area contributed by atoms with E-state index in [1.165, 1.54) is 11.1 Å². The first-order valence-corrected chi connectivity index (χ1v) is 4.56. The molecule has 0 heterocycles. The molecular weight excluding hydrogens is 172 g/mol. The van der Waals surface area contributed by atoms with Crippen LogP contribution in [0.3, 0.4) is 0 Å². The molecule has 0 N–H and O–H groups in total. The van der Waals surface area contributed by atoms with Crippen molar-refractivity contribution in [1.29, 1.82) is 0 Å². The Morgan fingerprint density at radius 1 is 1.27 bits per heavy atom. The summed E-state index contributed by atoms with van der Waals surface area (Å²) in [5.74, 6) is 0. The molecule has 11 heavy (non-hydrogen) atoms. The van der Waals surface area contributed by atoms with Gasteiger partial charge in [-0.1, -0.05) is 6.92 Å².